The number of ether oxygens (including phenoxy) is 1. The summed E-state index contributed by atoms with van der Waals surface area (Å²) in [6.07, 6.45) is 1.69. The summed E-state index contributed by atoms with van der Waals surface area (Å²) < 4.78 is 18.9. The summed E-state index contributed by atoms with van der Waals surface area (Å²) in [7, 11) is 0. The Morgan fingerprint density at radius 2 is 1.88 bits per heavy atom. The molecule has 2 aromatic rings. The molecule has 2 aromatic carbocycles. The van der Waals surface area contributed by atoms with Crippen molar-refractivity contribution in [2.75, 3.05) is 23.8 Å². The highest BCUT2D eigenvalue weighted by atomic mass is 35.5. The molecular formula is C19H19ClFN3O. The van der Waals surface area contributed by atoms with Gasteiger partial charge in [0, 0.05) is 26.1 Å². The fraction of sp³-hybridized carbons (Fsp3) is 0.316. The maximum absolute atomic E-state index is 13.3. The van der Waals surface area contributed by atoms with Gasteiger partial charge in [0.1, 0.15) is 11.7 Å². The summed E-state index contributed by atoms with van der Waals surface area (Å²) in [5.41, 5.74) is 2.71. The predicted octanol–water partition coefficient (Wildman–Crippen LogP) is 4.46. The van der Waals surface area contributed by atoms with E-state index in [-0.39, 0.29) is 10.6 Å². The largest absolute Gasteiger partial charge is 0.381 e. The smallest absolute Gasteiger partial charge is 0.141 e. The van der Waals surface area contributed by atoms with E-state index in [1.165, 1.54) is 6.07 Å². The van der Waals surface area contributed by atoms with Crippen LogP contribution in [-0.4, -0.2) is 24.6 Å². The molecule has 0 amide bonds. The lowest BCUT2D eigenvalue weighted by Crippen LogP contribution is -2.55. The molecule has 25 heavy (non-hydrogen) atoms. The molecule has 4 nitrogen and oxygen atoms in total. The minimum atomic E-state index is -0.412. The molecule has 2 heterocycles. The Labute approximate surface area is 151 Å². The number of fused-ring (bicyclic) bond motifs is 1. The number of hydrogen-bond acceptors (Lipinski definition) is 3. The first-order valence-electron chi connectivity index (χ1n) is 8.37. The molecule has 1 saturated heterocycles. The highest BCUT2D eigenvalue weighted by Crippen LogP contribution is 2.36. The van der Waals surface area contributed by atoms with E-state index in [1.807, 2.05) is 18.2 Å². The van der Waals surface area contributed by atoms with Gasteiger partial charge >= 0.3 is 0 Å². The van der Waals surface area contributed by atoms with Gasteiger partial charge in [0.2, 0.25) is 0 Å². The number of rotatable bonds is 2. The Kier molecular flexibility index (Phi) is 4.36. The second-order valence-electron chi connectivity index (χ2n) is 6.40. The average molecular weight is 360 g/mol. The number of para-hydroxylation sites is 2. The van der Waals surface area contributed by atoms with Gasteiger partial charge in [0.05, 0.1) is 28.5 Å². The van der Waals surface area contributed by atoms with Crippen molar-refractivity contribution < 1.29 is 9.13 Å². The summed E-state index contributed by atoms with van der Waals surface area (Å²) >= 11 is 5.88. The van der Waals surface area contributed by atoms with E-state index in [2.05, 4.69) is 16.7 Å². The monoisotopic (exact) mass is 359 g/mol. The van der Waals surface area contributed by atoms with Crippen molar-refractivity contribution in [3.63, 3.8) is 0 Å². The van der Waals surface area contributed by atoms with Gasteiger partial charge in [-0.05, 0) is 29.8 Å². The summed E-state index contributed by atoms with van der Waals surface area (Å²) in [6.45, 7) is 1.82. The molecule has 4 rings (SSSR count). The summed E-state index contributed by atoms with van der Waals surface area (Å²) in [4.78, 5) is 4.81. The minimum absolute atomic E-state index is 0.124. The molecule has 2 aliphatic heterocycles. The predicted molar refractivity (Wildman–Crippen MR) is 99.0 cm³/mol. The fourth-order valence-electron chi connectivity index (χ4n) is 3.35. The Hall–Kier alpha value is -2.11. The first kappa shape index (κ1) is 16.4. The highest BCUT2D eigenvalue weighted by molar-refractivity contribution is 6.30. The number of nitrogens with zero attached hydrogens (tertiary/aromatic N) is 1. The van der Waals surface area contributed by atoms with Gasteiger partial charge in [-0.2, -0.15) is 0 Å². The first-order chi connectivity index (χ1) is 12.2. The van der Waals surface area contributed by atoms with Crippen LogP contribution in [0.15, 0.2) is 47.5 Å². The number of nitrogens with one attached hydrogen (secondary N) is 2. The SMILES string of the molecule is Fc1ccc(CN=C2Nc3ccccc3NC23CCOCC3)cc1Cl. The molecule has 0 radical (unpaired) electrons. The van der Waals surface area contributed by atoms with E-state index in [9.17, 15) is 4.39 Å². The van der Waals surface area contributed by atoms with E-state index in [0.29, 0.717) is 19.8 Å². The van der Waals surface area contributed by atoms with Crippen LogP contribution < -0.4 is 10.6 Å². The third-order valence-electron chi connectivity index (χ3n) is 4.76. The molecular weight excluding hydrogens is 341 g/mol. The van der Waals surface area contributed by atoms with Crippen LogP contribution in [0.25, 0.3) is 0 Å². The van der Waals surface area contributed by atoms with Crippen LogP contribution in [0.5, 0.6) is 0 Å². The number of benzene rings is 2. The Morgan fingerprint density at radius 3 is 2.64 bits per heavy atom. The van der Waals surface area contributed by atoms with E-state index < -0.39 is 5.82 Å². The van der Waals surface area contributed by atoms with Crippen molar-refractivity contribution in [2.24, 2.45) is 4.99 Å². The van der Waals surface area contributed by atoms with Crippen LogP contribution in [0.2, 0.25) is 5.02 Å². The molecule has 130 valence electrons. The van der Waals surface area contributed by atoms with Crippen molar-refractivity contribution in [3.05, 3.63) is 58.9 Å². The zero-order valence-corrected chi connectivity index (χ0v) is 14.4. The molecule has 0 aliphatic carbocycles. The molecule has 2 aliphatic rings. The van der Waals surface area contributed by atoms with Gasteiger partial charge in [-0.15, -0.1) is 0 Å². The molecule has 0 atom stereocenters. The Balaban J connectivity index is 1.66. The second kappa shape index (κ2) is 6.65. The average Bonchev–Trinajstić information content (AvgIpc) is 2.63. The van der Waals surface area contributed by atoms with Gasteiger partial charge in [-0.3, -0.25) is 4.99 Å². The first-order valence-corrected chi connectivity index (χ1v) is 8.75. The van der Waals surface area contributed by atoms with Crippen molar-refractivity contribution in [1.82, 2.24) is 0 Å². The summed E-state index contributed by atoms with van der Waals surface area (Å²) in [6, 6.07) is 12.8. The number of aliphatic imine (C=N–C) groups is 1. The lowest BCUT2D eigenvalue weighted by Gasteiger charge is -2.43. The lowest BCUT2D eigenvalue weighted by molar-refractivity contribution is 0.0778. The van der Waals surface area contributed by atoms with Crippen molar-refractivity contribution in [3.8, 4) is 0 Å². The molecule has 1 spiro atoms. The van der Waals surface area contributed by atoms with E-state index in [1.54, 1.807) is 12.1 Å². The van der Waals surface area contributed by atoms with Crippen molar-refractivity contribution in [2.45, 2.75) is 24.9 Å². The molecule has 1 fully saturated rings. The van der Waals surface area contributed by atoms with Gasteiger partial charge in [-0.25, -0.2) is 4.39 Å². The van der Waals surface area contributed by atoms with Crippen LogP contribution in [-0.2, 0) is 11.3 Å². The summed E-state index contributed by atoms with van der Waals surface area (Å²) in [5, 5.41) is 7.26. The maximum Gasteiger partial charge on any atom is 0.141 e. The third-order valence-corrected chi connectivity index (χ3v) is 5.05. The molecule has 2 N–H and O–H groups in total. The number of anilines is 2. The quantitative estimate of drug-likeness (QED) is 0.831. The van der Waals surface area contributed by atoms with E-state index in [4.69, 9.17) is 21.3 Å². The fourth-order valence-corrected chi connectivity index (χ4v) is 3.55. The molecule has 0 bridgehead atoms. The van der Waals surface area contributed by atoms with Crippen LogP contribution in [0, 0.1) is 5.82 Å². The maximum atomic E-state index is 13.3. The number of amidine groups is 1. The molecule has 0 aromatic heterocycles. The van der Waals surface area contributed by atoms with Crippen LogP contribution in [0.1, 0.15) is 18.4 Å². The van der Waals surface area contributed by atoms with Gasteiger partial charge in [0.25, 0.3) is 0 Å². The van der Waals surface area contributed by atoms with E-state index >= 15 is 0 Å². The molecule has 0 saturated carbocycles. The van der Waals surface area contributed by atoms with Crippen LogP contribution in [0.4, 0.5) is 15.8 Å². The number of halogens is 2. The molecule has 0 unspecified atom stereocenters. The van der Waals surface area contributed by atoms with Gasteiger partial charge < -0.3 is 15.4 Å². The topological polar surface area (TPSA) is 45.7 Å². The zero-order chi connectivity index (χ0) is 17.3. The van der Waals surface area contributed by atoms with Crippen LogP contribution >= 0.6 is 11.6 Å². The zero-order valence-electron chi connectivity index (χ0n) is 13.7. The second-order valence-corrected chi connectivity index (χ2v) is 6.81. The van der Waals surface area contributed by atoms with E-state index in [0.717, 1.165) is 35.6 Å². The number of hydrogen-bond donors (Lipinski definition) is 2. The normalized spacial score (nSPS) is 20.0. The van der Waals surface area contributed by atoms with Gasteiger partial charge in [0.15, 0.2) is 0 Å². The van der Waals surface area contributed by atoms with Gasteiger partial charge in [-0.1, -0.05) is 29.8 Å². The standard InChI is InChI=1S/C19H19ClFN3O/c20-14-11-13(5-6-15(14)21)12-22-18-19(7-9-25-10-8-19)24-17-4-2-1-3-16(17)23-18/h1-6,11,24H,7-10,12H2,(H,22,23). The Bertz CT molecular complexity index is 818. The van der Waals surface area contributed by atoms with Crippen LogP contribution in [0.3, 0.4) is 0 Å². The minimum Gasteiger partial charge on any atom is -0.381 e. The van der Waals surface area contributed by atoms with Crippen molar-refractivity contribution >= 4 is 28.8 Å². The summed E-state index contributed by atoms with van der Waals surface area (Å²) in [5.74, 6) is 0.486. The highest BCUT2D eigenvalue weighted by Gasteiger charge is 2.41. The molecule has 6 heteroatoms. The Morgan fingerprint density at radius 1 is 1.12 bits per heavy atom. The lowest BCUT2D eigenvalue weighted by atomic mass is 9.86. The van der Waals surface area contributed by atoms with Crippen molar-refractivity contribution in [1.29, 1.82) is 0 Å². The third kappa shape index (κ3) is 3.22.